The quantitative estimate of drug-likeness (QED) is 0.231. The van der Waals surface area contributed by atoms with Crippen LogP contribution in [-0.2, 0) is 18.1 Å². The van der Waals surface area contributed by atoms with Crippen molar-refractivity contribution in [2.45, 2.75) is 142 Å². The Labute approximate surface area is 231 Å². The highest BCUT2D eigenvalue weighted by Gasteiger charge is 2.71. The van der Waals surface area contributed by atoms with Gasteiger partial charge in [-0.25, -0.2) is 0 Å². The van der Waals surface area contributed by atoms with Gasteiger partial charge in [0.2, 0.25) is 0 Å². The SMILES string of the molecule is CC(=O)[C@@]1(O[Si](C)(C)C)C(O[Si](C)(C)C)CC2C3CC=C4CC(O[Si](C)(C)C)CC[C@]4(C)C3CC[C@@]21C. The Morgan fingerprint density at radius 1 is 0.865 bits per heavy atom. The Balaban J connectivity index is 1.71. The van der Waals surface area contributed by atoms with Crippen LogP contribution in [0.2, 0.25) is 58.9 Å². The molecule has 0 N–H and O–H groups in total. The monoisotopic (exact) mass is 564 g/mol. The Morgan fingerprint density at radius 2 is 1.49 bits per heavy atom. The minimum absolute atomic E-state index is 0.129. The second-order valence-electron chi connectivity index (χ2n) is 16.3. The highest BCUT2D eigenvalue weighted by molar-refractivity contribution is 6.70. The van der Waals surface area contributed by atoms with Crippen molar-refractivity contribution in [2.24, 2.45) is 28.6 Å². The van der Waals surface area contributed by atoms with Crippen LogP contribution in [0.4, 0.5) is 0 Å². The minimum atomic E-state index is -2.02. The van der Waals surface area contributed by atoms with Crippen molar-refractivity contribution in [3.05, 3.63) is 11.6 Å². The van der Waals surface area contributed by atoms with Gasteiger partial charge in [0, 0.05) is 11.5 Å². The summed E-state index contributed by atoms with van der Waals surface area (Å²) in [6.07, 6.45) is 10.8. The number of fused-ring (bicyclic) bond motifs is 5. The average Bonchev–Trinajstić information content (AvgIpc) is 2.93. The number of carbonyl (C=O) groups excluding carboxylic acids is 1. The Bertz CT molecular complexity index is 929. The molecule has 4 aliphatic rings. The maximum absolute atomic E-state index is 13.8. The fraction of sp³-hybridized carbons (Fsp3) is 0.900. The molecule has 4 rings (SSSR count). The minimum Gasteiger partial charge on any atom is -0.414 e. The van der Waals surface area contributed by atoms with Gasteiger partial charge < -0.3 is 13.3 Å². The number of rotatable bonds is 7. The lowest BCUT2D eigenvalue weighted by molar-refractivity contribution is -0.165. The van der Waals surface area contributed by atoms with Gasteiger partial charge in [-0.2, -0.15) is 0 Å². The van der Waals surface area contributed by atoms with Crippen molar-refractivity contribution in [1.82, 2.24) is 0 Å². The fourth-order valence-electron chi connectivity index (χ4n) is 9.13. The predicted octanol–water partition coefficient (Wildman–Crippen LogP) is 8.18. The molecule has 212 valence electrons. The van der Waals surface area contributed by atoms with E-state index >= 15 is 0 Å². The molecule has 8 atom stereocenters. The van der Waals surface area contributed by atoms with Crippen molar-refractivity contribution in [1.29, 1.82) is 0 Å². The molecule has 4 nitrogen and oxygen atoms in total. The number of hydrogen-bond donors (Lipinski definition) is 0. The van der Waals surface area contributed by atoms with Crippen LogP contribution in [0.5, 0.6) is 0 Å². The van der Waals surface area contributed by atoms with Crippen LogP contribution in [0, 0.1) is 28.6 Å². The molecular formula is C30H56O4Si3. The number of Topliss-reactive ketones (excluding diaryl/α,β-unsaturated/α-hetero) is 1. The Kier molecular flexibility index (Phi) is 7.68. The summed E-state index contributed by atoms with van der Waals surface area (Å²) in [5, 5.41) is 0. The standard InChI is InChI=1S/C30H56O4Si3/c1-21(31)30(34-37(10,11)12)27(33-36(7,8)9)20-26-24-14-13-22-19-23(32-35(4,5)6)15-17-28(22,2)25(24)16-18-29(26,30)3/h13,23-27H,14-20H2,1-12H3/t23?,24?,25?,26?,27?,28-,29-,30+/m0/s1. The van der Waals surface area contributed by atoms with E-state index in [1.807, 2.05) is 0 Å². The van der Waals surface area contributed by atoms with Crippen LogP contribution in [-0.4, -0.2) is 48.5 Å². The number of allylic oxidation sites excluding steroid dienone is 1. The molecule has 0 spiro atoms. The first-order valence-electron chi connectivity index (χ1n) is 15.0. The summed E-state index contributed by atoms with van der Waals surface area (Å²) in [4.78, 5) is 13.8. The van der Waals surface area contributed by atoms with Crippen molar-refractivity contribution < 1.29 is 18.1 Å². The molecule has 37 heavy (non-hydrogen) atoms. The van der Waals surface area contributed by atoms with E-state index < -0.39 is 30.6 Å². The molecule has 5 unspecified atom stereocenters. The zero-order valence-electron chi connectivity index (χ0n) is 26.0. The summed E-state index contributed by atoms with van der Waals surface area (Å²) in [6, 6.07) is 0. The average molecular weight is 565 g/mol. The molecule has 7 heteroatoms. The van der Waals surface area contributed by atoms with Gasteiger partial charge in [-0.15, -0.1) is 0 Å². The highest BCUT2D eigenvalue weighted by Crippen LogP contribution is 2.69. The number of ketones is 1. The highest BCUT2D eigenvalue weighted by atomic mass is 28.4. The Hall–Kier alpha value is -0.0594. The smallest absolute Gasteiger partial charge is 0.185 e. The van der Waals surface area contributed by atoms with E-state index in [-0.39, 0.29) is 22.7 Å². The summed E-state index contributed by atoms with van der Waals surface area (Å²) >= 11 is 0. The fourth-order valence-corrected chi connectivity index (χ4v) is 12.9. The van der Waals surface area contributed by atoms with Gasteiger partial charge in [0.25, 0.3) is 0 Å². The lowest BCUT2D eigenvalue weighted by Gasteiger charge is -2.60. The second-order valence-corrected chi connectivity index (χ2v) is 29.6. The number of hydrogen-bond acceptors (Lipinski definition) is 4. The molecule has 0 aromatic heterocycles. The van der Waals surface area contributed by atoms with Crippen molar-refractivity contribution in [3.8, 4) is 0 Å². The second kappa shape index (κ2) is 9.51. The molecule has 0 aliphatic heterocycles. The largest absolute Gasteiger partial charge is 0.414 e. The van der Waals surface area contributed by atoms with Gasteiger partial charge in [-0.3, -0.25) is 4.79 Å². The molecule has 3 saturated carbocycles. The molecular weight excluding hydrogens is 509 g/mol. The Morgan fingerprint density at radius 3 is 2.03 bits per heavy atom. The normalized spacial score (nSPS) is 42.5. The van der Waals surface area contributed by atoms with E-state index in [9.17, 15) is 4.79 Å². The van der Waals surface area contributed by atoms with E-state index in [2.05, 4.69) is 78.8 Å². The van der Waals surface area contributed by atoms with Crippen molar-refractivity contribution in [2.75, 3.05) is 0 Å². The summed E-state index contributed by atoms with van der Waals surface area (Å²) in [6.45, 7) is 27.2. The van der Waals surface area contributed by atoms with Crippen molar-refractivity contribution >= 4 is 30.7 Å². The molecule has 4 aliphatic carbocycles. The lowest BCUT2D eigenvalue weighted by atomic mass is 9.46. The third-order valence-corrected chi connectivity index (χ3v) is 13.2. The third kappa shape index (κ3) is 5.35. The first-order valence-corrected chi connectivity index (χ1v) is 25.2. The predicted molar refractivity (Wildman–Crippen MR) is 161 cm³/mol. The zero-order chi connectivity index (χ0) is 27.8. The first kappa shape index (κ1) is 29.9. The van der Waals surface area contributed by atoms with Gasteiger partial charge in [-0.05, 0) is 134 Å². The summed E-state index contributed by atoms with van der Waals surface area (Å²) in [7, 11) is -5.44. The molecule has 0 saturated heterocycles. The van der Waals surface area contributed by atoms with Gasteiger partial charge >= 0.3 is 0 Å². The molecule has 0 amide bonds. The molecule has 0 bridgehead atoms. The van der Waals surface area contributed by atoms with Crippen LogP contribution in [0.25, 0.3) is 0 Å². The maximum atomic E-state index is 13.8. The molecule has 0 aromatic rings. The van der Waals surface area contributed by atoms with Gasteiger partial charge in [0.15, 0.2) is 30.7 Å². The zero-order valence-corrected chi connectivity index (χ0v) is 29.0. The van der Waals surface area contributed by atoms with Crippen LogP contribution < -0.4 is 0 Å². The van der Waals surface area contributed by atoms with Gasteiger partial charge in [0.05, 0.1) is 6.10 Å². The molecule has 0 radical (unpaired) electrons. The summed E-state index contributed by atoms with van der Waals surface area (Å²) < 4.78 is 20.6. The van der Waals surface area contributed by atoms with Crippen molar-refractivity contribution in [3.63, 3.8) is 0 Å². The van der Waals surface area contributed by atoms with E-state index in [4.69, 9.17) is 13.3 Å². The third-order valence-electron chi connectivity index (χ3n) is 10.2. The van der Waals surface area contributed by atoms with E-state index in [0.29, 0.717) is 23.9 Å². The van der Waals surface area contributed by atoms with E-state index in [1.165, 1.54) is 19.3 Å². The maximum Gasteiger partial charge on any atom is 0.185 e. The number of carbonyl (C=O) groups is 1. The van der Waals surface area contributed by atoms with Gasteiger partial charge in [-0.1, -0.05) is 25.5 Å². The molecule has 3 fully saturated rings. The van der Waals surface area contributed by atoms with Gasteiger partial charge in [0.1, 0.15) is 5.60 Å². The summed E-state index contributed by atoms with van der Waals surface area (Å²) in [5.41, 5.74) is 0.932. The van der Waals surface area contributed by atoms with E-state index in [1.54, 1.807) is 12.5 Å². The first-order chi connectivity index (χ1) is 16.7. The van der Waals surface area contributed by atoms with Crippen LogP contribution in [0.1, 0.15) is 65.7 Å². The lowest BCUT2D eigenvalue weighted by Crippen LogP contribution is -2.65. The van der Waals surface area contributed by atoms with E-state index in [0.717, 1.165) is 25.7 Å². The van der Waals surface area contributed by atoms with Crippen LogP contribution in [0.15, 0.2) is 11.6 Å². The van der Waals surface area contributed by atoms with Crippen LogP contribution >= 0.6 is 0 Å². The molecule has 0 aromatic carbocycles. The topological polar surface area (TPSA) is 44.8 Å². The summed E-state index contributed by atoms with van der Waals surface area (Å²) in [5.74, 6) is 1.93. The van der Waals surface area contributed by atoms with Crippen LogP contribution in [0.3, 0.4) is 0 Å². The molecule has 0 heterocycles.